The molecule has 350 valence electrons. The molecule has 0 spiro atoms. The molecule has 0 fully saturated rings. The van der Waals surface area contributed by atoms with Crippen molar-refractivity contribution >= 4 is 111 Å². The van der Waals surface area contributed by atoms with Gasteiger partial charge in [-0.1, -0.05) is 36.4 Å². The number of fused-ring (bicyclic) bond motifs is 2. The topological polar surface area (TPSA) is 407 Å². The molecular formula is C39H35LiN7Na3O16S4. The van der Waals surface area contributed by atoms with Gasteiger partial charge in [-0.2, -0.15) is 10.2 Å². The third-order valence-electron chi connectivity index (χ3n) is 9.21. The van der Waals surface area contributed by atoms with E-state index in [0.29, 0.717) is 13.1 Å². The van der Waals surface area contributed by atoms with Crippen molar-refractivity contribution in [2.75, 3.05) is 55.7 Å². The van der Waals surface area contributed by atoms with E-state index in [0.717, 1.165) is 54.6 Å². The summed E-state index contributed by atoms with van der Waals surface area (Å²) in [6, 6.07) is 13.7. The molecule has 0 atom stereocenters. The van der Waals surface area contributed by atoms with E-state index in [2.05, 4.69) is 21.1 Å². The number of likely N-dealkylation sites (N-methyl/N-ethyl adjacent to an activating group) is 1. The standard InChI is InChI=1S/C34H26N6O14S4.C5H13NO2.Li.3Na/c35-21-7-4-19-12-29(57(49,50)51)31(33(41)24(19)14-21)39-37-23-9-6-18(27(16-23)55(43,44)45)3-1-17-2-10-26(28(11-17)56(46,47)48)38-40-32-30(58(52,53)54)13-20-5-8-22(36)15-25(20)34(32)42;1-6(2-4-7)3-5-8;;;;/h1-16,37-38H,35-36H2,(H,43,44,45)(H,46,47,48)(H,49,50,51)(H,52,53,54);7-8H,2-5H2,1H3;;;;/q;;4*+1/p-4/b3-1+,39-31+,40-32-;;;;;. The Morgan fingerprint density at radius 1 is 0.600 bits per heavy atom. The third-order valence-corrected chi connectivity index (χ3v) is 12.7. The molecule has 0 heterocycles. The number of rotatable bonds is 14. The van der Waals surface area contributed by atoms with E-state index in [-0.39, 0.29) is 171 Å². The summed E-state index contributed by atoms with van der Waals surface area (Å²) in [6.07, 6.45) is 3.91. The number of nitrogens with one attached hydrogen (secondary N) is 2. The van der Waals surface area contributed by atoms with Gasteiger partial charge in [0.25, 0.3) is 0 Å². The first kappa shape index (κ1) is 65.1. The molecule has 0 saturated heterocycles. The minimum Gasteiger partial charge on any atom is -0.744 e. The molecule has 6 rings (SSSR count). The first-order valence-electron chi connectivity index (χ1n) is 18.4. The van der Waals surface area contributed by atoms with Crippen LogP contribution >= 0.6 is 0 Å². The van der Waals surface area contributed by atoms with E-state index < -0.39 is 88.8 Å². The van der Waals surface area contributed by atoms with Crippen LogP contribution in [-0.2, 0) is 40.5 Å². The van der Waals surface area contributed by atoms with Gasteiger partial charge in [-0.25, -0.2) is 33.7 Å². The normalized spacial score (nSPS) is 14.6. The molecular weight excluding hydrogens is 1030 g/mol. The number of aliphatic hydroxyl groups is 2. The van der Waals surface area contributed by atoms with Crippen LogP contribution in [0.25, 0.3) is 24.3 Å². The molecule has 23 nitrogen and oxygen atoms in total. The van der Waals surface area contributed by atoms with Crippen molar-refractivity contribution < 1.29 is 179 Å². The fraction of sp³-hybridized carbons (Fsp3) is 0.128. The predicted octanol–water partition coefficient (Wildman–Crippen LogP) is -11.2. The van der Waals surface area contributed by atoms with Crippen molar-refractivity contribution in [3.63, 3.8) is 0 Å². The molecule has 2 aliphatic carbocycles. The van der Waals surface area contributed by atoms with Crippen molar-refractivity contribution in [1.82, 2.24) is 4.90 Å². The molecule has 70 heavy (non-hydrogen) atoms. The molecule has 0 aromatic heterocycles. The number of Topliss-reactive ketones (excluding diaryl/α,β-unsaturated/α-hetero) is 2. The van der Waals surface area contributed by atoms with Crippen molar-refractivity contribution in [2.24, 2.45) is 10.2 Å². The maximum absolute atomic E-state index is 13.2. The zero-order valence-corrected chi connectivity index (χ0v) is 47.1. The molecule has 0 bridgehead atoms. The molecule has 0 amide bonds. The second-order valence-corrected chi connectivity index (χ2v) is 19.3. The summed E-state index contributed by atoms with van der Waals surface area (Å²) in [5.74, 6) is -2.07. The molecule has 0 unspecified atom stereocenters. The van der Waals surface area contributed by atoms with E-state index in [9.17, 15) is 61.5 Å². The van der Waals surface area contributed by atoms with Crippen LogP contribution in [0, 0.1) is 0 Å². The first-order valence-corrected chi connectivity index (χ1v) is 24.1. The van der Waals surface area contributed by atoms with Crippen LogP contribution in [0.3, 0.4) is 0 Å². The molecule has 4 aromatic rings. The Kier molecular flexibility index (Phi) is 25.0. The number of hydrazone groups is 2. The van der Waals surface area contributed by atoms with Gasteiger partial charge in [-0.15, -0.1) is 0 Å². The molecule has 8 N–H and O–H groups in total. The van der Waals surface area contributed by atoms with Gasteiger partial charge in [-0.05, 0) is 90.0 Å². The Morgan fingerprint density at radius 3 is 1.49 bits per heavy atom. The number of carbonyl (C=O) groups is 2. The Balaban J connectivity index is 0.00000188. The quantitative estimate of drug-likeness (QED) is 0.0224. The van der Waals surface area contributed by atoms with Crippen molar-refractivity contribution in [1.29, 1.82) is 0 Å². The predicted molar refractivity (Wildman–Crippen MR) is 237 cm³/mol. The molecule has 0 aliphatic heterocycles. The summed E-state index contributed by atoms with van der Waals surface area (Å²) in [6.45, 7) is 1.61. The van der Waals surface area contributed by atoms with Crippen LogP contribution < -0.4 is 130 Å². The summed E-state index contributed by atoms with van der Waals surface area (Å²) in [5, 5.41) is 24.0. The Labute approximate surface area is 480 Å². The minimum absolute atomic E-state index is 0. The Hall–Kier alpha value is -2.90. The number of hydrogen-bond donors (Lipinski definition) is 6. The van der Waals surface area contributed by atoms with E-state index in [1.54, 1.807) is 0 Å². The molecule has 0 radical (unpaired) electrons. The zero-order chi connectivity index (χ0) is 48.9. The summed E-state index contributed by atoms with van der Waals surface area (Å²) >= 11 is 0. The van der Waals surface area contributed by atoms with Crippen LogP contribution in [0.5, 0.6) is 0 Å². The van der Waals surface area contributed by atoms with Gasteiger partial charge in [0.15, 0.2) is 0 Å². The number of carbonyl (C=O) groups excluding carboxylic acids is 2. The smallest absolute Gasteiger partial charge is 0.744 e. The van der Waals surface area contributed by atoms with Crippen LogP contribution in [0.1, 0.15) is 43.0 Å². The van der Waals surface area contributed by atoms with E-state index >= 15 is 0 Å². The number of nitrogens with two attached hydrogens (primary N) is 2. The van der Waals surface area contributed by atoms with Gasteiger partial charge >= 0.3 is 108 Å². The second-order valence-electron chi connectivity index (χ2n) is 13.9. The monoisotopic (exact) mass is 1060 g/mol. The largest absolute Gasteiger partial charge is 1.00 e. The number of nitrogens with zero attached hydrogens (tertiary/aromatic N) is 3. The number of benzene rings is 4. The van der Waals surface area contributed by atoms with Crippen LogP contribution in [0.2, 0.25) is 0 Å². The van der Waals surface area contributed by atoms with E-state index in [1.165, 1.54) is 42.5 Å². The van der Waals surface area contributed by atoms with Gasteiger partial charge < -0.3 is 44.8 Å². The first-order chi connectivity index (χ1) is 30.7. The number of ketones is 2. The maximum atomic E-state index is 13.2. The number of hydrogen-bond acceptors (Lipinski definition) is 23. The molecule has 4 aromatic carbocycles. The molecule has 0 saturated carbocycles. The van der Waals surface area contributed by atoms with Crippen molar-refractivity contribution in [3.8, 4) is 0 Å². The number of nitrogen functional groups attached to an aromatic ring is 2. The average Bonchev–Trinajstić information content (AvgIpc) is 3.22. The van der Waals surface area contributed by atoms with Gasteiger partial charge in [0, 0.05) is 35.6 Å². The van der Waals surface area contributed by atoms with Gasteiger partial charge in [-0.3, -0.25) is 20.4 Å². The summed E-state index contributed by atoms with van der Waals surface area (Å²) in [5.41, 5.74) is 13.0. The summed E-state index contributed by atoms with van der Waals surface area (Å²) in [4.78, 5) is 24.2. The summed E-state index contributed by atoms with van der Waals surface area (Å²) < 4.78 is 146. The minimum atomic E-state index is -5.36. The fourth-order valence-corrected chi connectivity index (χ4v) is 8.71. The average molecular weight is 1060 g/mol. The number of aliphatic hydroxyl groups excluding tert-OH is 2. The van der Waals surface area contributed by atoms with Gasteiger partial charge in [0.05, 0.1) is 44.2 Å². The number of allylic oxidation sites excluding steroid dienone is 2. The second kappa shape index (κ2) is 26.9. The third kappa shape index (κ3) is 16.8. The Morgan fingerprint density at radius 2 is 1.06 bits per heavy atom. The van der Waals surface area contributed by atoms with E-state index in [1.807, 2.05) is 11.9 Å². The molecule has 31 heteroatoms. The number of anilines is 4. The Bertz CT molecular complexity index is 3280. The van der Waals surface area contributed by atoms with Gasteiger partial charge in [0.2, 0.25) is 11.6 Å². The SMILES string of the molecule is CN(CCO)CCO.Nc1ccc2c(c1)C(=O)/C(=N/Nc1ccc(/C=C/c3ccc(N/N=C4\C(=O)c5cc(N)ccc5C=C4S(=O)(=O)[O-])c(S(=O)(=O)[O-])c3)c(S(=O)(=O)[O-])c1)C(S(=O)(=O)[O-])=C2.[Li+].[Na+].[Na+].[Na+]. The van der Waals surface area contributed by atoms with Crippen LogP contribution in [0.4, 0.5) is 22.7 Å². The fourth-order valence-electron chi connectivity index (χ4n) is 6.06. The molecule has 2 aliphatic rings. The van der Waals surface area contributed by atoms with E-state index in [4.69, 9.17) is 21.7 Å². The van der Waals surface area contributed by atoms with Crippen molar-refractivity contribution in [2.45, 2.75) is 9.79 Å². The van der Waals surface area contributed by atoms with Gasteiger partial charge in [0.1, 0.15) is 51.9 Å². The van der Waals surface area contributed by atoms with Crippen molar-refractivity contribution in [3.05, 3.63) is 116 Å². The zero-order valence-electron chi connectivity index (χ0n) is 37.8. The summed E-state index contributed by atoms with van der Waals surface area (Å²) in [7, 11) is -19.4. The van der Waals surface area contributed by atoms with Crippen LogP contribution in [-0.4, -0.2) is 123 Å². The maximum Gasteiger partial charge on any atom is 1.00 e. The van der Waals surface area contributed by atoms with Crippen LogP contribution in [0.15, 0.2) is 103 Å².